The molecule has 2 aromatic rings. The summed E-state index contributed by atoms with van der Waals surface area (Å²) < 4.78 is 18.6. The summed E-state index contributed by atoms with van der Waals surface area (Å²) >= 11 is 0. The number of hydrogen-bond acceptors (Lipinski definition) is 5. The number of carbonyl (C=O) groups excluding carboxylic acids is 1. The van der Waals surface area contributed by atoms with Gasteiger partial charge in [0.2, 0.25) is 5.91 Å². The Hall–Kier alpha value is -2.54. The van der Waals surface area contributed by atoms with Gasteiger partial charge in [-0.25, -0.2) is 0 Å². The normalized spacial score (nSPS) is 21.5. The van der Waals surface area contributed by atoms with Crippen LogP contribution in [0.2, 0.25) is 0 Å². The summed E-state index contributed by atoms with van der Waals surface area (Å²) in [4.78, 5) is 15.3. The molecule has 2 aliphatic heterocycles. The Labute approximate surface area is 165 Å². The maximum Gasteiger partial charge on any atom is 0.229 e. The van der Waals surface area contributed by atoms with Gasteiger partial charge in [0, 0.05) is 38.0 Å². The van der Waals surface area contributed by atoms with E-state index in [0.29, 0.717) is 25.4 Å². The van der Waals surface area contributed by atoms with Crippen molar-refractivity contribution in [1.29, 1.82) is 0 Å². The standard InChI is InChI=1S/C21H27N3O4/c1-13-17(11-22-23(13)2)20-16(6-8-28-20)21(25)24-7-5-14-9-18(26-3)19(27-4)10-15(14)12-24/h9-11,16,20H,5-8,12H2,1-4H3/t16-,20-/m1/s1. The smallest absolute Gasteiger partial charge is 0.229 e. The van der Waals surface area contributed by atoms with Gasteiger partial charge in [-0.3, -0.25) is 9.48 Å². The maximum atomic E-state index is 13.4. The number of nitrogens with zero attached hydrogens (tertiary/aromatic N) is 3. The molecule has 0 bridgehead atoms. The highest BCUT2D eigenvalue weighted by atomic mass is 16.5. The highest BCUT2D eigenvalue weighted by Crippen LogP contribution is 2.39. The van der Waals surface area contributed by atoms with Crippen molar-refractivity contribution in [3.05, 3.63) is 40.7 Å². The molecular formula is C21H27N3O4. The van der Waals surface area contributed by atoms with E-state index >= 15 is 0 Å². The lowest BCUT2D eigenvalue weighted by atomic mass is 9.92. The van der Waals surface area contributed by atoms with Crippen LogP contribution in [0.3, 0.4) is 0 Å². The summed E-state index contributed by atoms with van der Waals surface area (Å²) in [7, 11) is 5.18. The van der Waals surface area contributed by atoms with Crippen LogP contribution in [-0.2, 0) is 29.5 Å². The van der Waals surface area contributed by atoms with Crippen LogP contribution >= 0.6 is 0 Å². The lowest BCUT2D eigenvalue weighted by Crippen LogP contribution is -2.40. The van der Waals surface area contributed by atoms with E-state index in [1.807, 2.05) is 41.9 Å². The summed E-state index contributed by atoms with van der Waals surface area (Å²) in [6, 6.07) is 4.01. The first-order valence-electron chi connectivity index (χ1n) is 9.66. The van der Waals surface area contributed by atoms with E-state index in [4.69, 9.17) is 14.2 Å². The van der Waals surface area contributed by atoms with Gasteiger partial charge in [-0.1, -0.05) is 0 Å². The molecule has 3 heterocycles. The first-order chi connectivity index (χ1) is 13.5. The Balaban J connectivity index is 1.55. The molecule has 0 radical (unpaired) electrons. The van der Waals surface area contributed by atoms with Gasteiger partial charge in [-0.15, -0.1) is 0 Å². The van der Waals surface area contributed by atoms with Crippen LogP contribution in [0, 0.1) is 12.8 Å². The number of benzene rings is 1. The van der Waals surface area contributed by atoms with Gasteiger partial charge in [0.25, 0.3) is 0 Å². The molecule has 1 saturated heterocycles. The monoisotopic (exact) mass is 385 g/mol. The second-order valence-electron chi connectivity index (χ2n) is 7.48. The van der Waals surface area contributed by atoms with E-state index in [1.165, 1.54) is 5.56 Å². The van der Waals surface area contributed by atoms with Crippen molar-refractivity contribution >= 4 is 5.91 Å². The van der Waals surface area contributed by atoms with Crippen molar-refractivity contribution < 1.29 is 19.0 Å². The third-order valence-corrected chi connectivity index (χ3v) is 6.02. The first kappa shape index (κ1) is 18.8. The summed E-state index contributed by atoms with van der Waals surface area (Å²) in [5.41, 5.74) is 4.39. The van der Waals surface area contributed by atoms with Crippen molar-refractivity contribution in [1.82, 2.24) is 14.7 Å². The molecule has 0 saturated carbocycles. The summed E-state index contributed by atoms with van der Waals surface area (Å²) in [5, 5.41) is 4.32. The number of hydrogen-bond donors (Lipinski definition) is 0. The molecule has 0 aliphatic carbocycles. The van der Waals surface area contributed by atoms with E-state index in [0.717, 1.165) is 35.4 Å². The number of carbonyl (C=O) groups is 1. The lowest BCUT2D eigenvalue weighted by molar-refractivity contribution is -0.138. The van der Waals surface area contributed by atoms with Crippen molar-refractivity contribution in [2.24, 2.45) is 13.0 Å². The second-order valence-corrected chi connectivity index (χ2v) is 7.48. The molecule has 2 aliphatic rings. The van der Waals surface area contributed by atoms with Gasteiger partial charge < -0.3 is 19.1 Å². The number of fused-ring (bicyclic) bond motifs is 1. The van der Waals surface area contributed by atoms with Gasteiger partial charge in [-0.05, 0) is 43.0 Å². The predicted octanol–water partition coefficient (Wildman–Crippen LogP) is 2.41. The van der Waals surface area contributed by atoms with E-state index < -0.39 is 0 Å². The minimum absolute atomic E-state index is 0.159. The molecule has 150 valence electrons. The van der Waals surface area contributed by atoms with Gasteiger partial charge in [0.1, 0.15) is 0 Å². The van der Waals surface area contributed by atoms with E-state index in [1.54, 1.807) is 14.2 Å². The van der Waals surface area contributed by atoms with E-state index in [-0.39, 0.29) is 17.9 Å². The number of methoxy groups -OCH3 is 2. The number of ether oxygens (including phenoxy) is 3. The van der Waals surface area contributed by atoms with Gasteiger partial charge in [0.05, 0.1) is 32.4 Å². The Kier molecular flexibility index (Phi) is 5.02. The van der Waals surface area contributed by atoms with Crippen molar-refractivity contribution in [2.75, 3.05) is 27.4 Å². The summed E-state index contributed by atoms with van der Waals surface area (Å²) in [6.45, 7) is 3.91. The van der Waals surface area contributed by atoms with Gasteiger partial charge in [0.15, 0.2) is 11.5 Å². The highest BCUT2D eigenvalue weighted by molar-refractivity contribution is 5.80. The van der Waals surface area contributed by atoms with Crippen molar-refractivity contribution in [2.45, 2.75) is 32.4 Å². The van der Waals surface area contributed by atoms with Gasteiger partial charge in [-0.2, -0.15) is 5.10 Å². The lowest BCUT2D eigenvalue weighted by Gasteiger charge is -2.32. The fourth-order valence-corrected chi connectivity index (χ4v) is 4.25. The molecule has 28 heavy (non-hydrogen) atoms. The Bertz CT molecular complexity index is 892. The van der Waals surface area contributed by atoms with Crippen molar-refractivity contribution in [3.8, 4) is 11.5 Å². The molecule has 1 amide bonds. The fourth-order valence-electron chi connectivity index (χ4n) is 4.25. The number of aromatic nitrogens is 2. The summed E-state index contributed by atoms with van der Waals surface area (Å²) in [6.07, 6.45) is 3.17. The summed E-state index contributed by atoms with van der Waals surface area (Å²) in [5.74, 6) is 1.43. The van der Waals surface area contributed by atoms with Crippen LogP contribution in [0.5, 0.6) is 11.5 Å². The predicted molar refractivity (Wildman–Crippen MR) is 103 cm³/mol. The maximum absolute atomic E-state index is 13.4. The fraction of sp³-hybridized carbons (Fsp3) is 0.524. The molecule has 4 rings (SSSR count). The second kappa shape index (κ2) is 7.47. The zero-order valence-electron chi connectivity index (χ0n) is 16.9. The molecule has 0 spiro atoms. The van der Waals surface area contributed by atoms with Gasteiger partial charge >= 0.3 is 0 Å². The Morgan fingerprint density at radius 2 is 1.93 bits per heavy atom. The topological polar surface area (TPSA) is 65.8 Å². The van der Waals surface area contributed by atoms with E-state index in [2.05, 4.69) is 5.10 Å². The van der Waals surface area contributed by atoms with Crippen LogP contribution in [0.15, 0.2) is 18.3 Å². The Morgan fingerprint density at radius 3 is 2.57 bits per heavy atom. The molecule has 1 aromatic heterocycles. The average molecular weight is 385 g/mol. The van der Waals surface area contributed by atoms with Crippen LogP contribution in [0.1, 0.15) is 34.9 Å². The largest absolute Gasteiger partial charge is 0.493 e. The third-order valence-electron chi connectivity index (χ3n) is 6.02. The minimum Gasteiger partial charge on any atom is -0.493 e. The molecule has 7 heteroatoms. The van der Waals surface area contributed by atoms with Crippen LogP contribution in [0.25, 0.3) is 0 Å². The minimum atomic E-state index is -0.215. The molecule has 1 aromatic carbocycles. The van der Waals surface area contributed by atoms with Crippen LogP contribution < -0.4 is 9.47 Å². The number of aryl methyl sites for hydroxylation is 1. The molecular weight excluding hydrogens is 358 g/mol. The Morgan fingerprint density at radius 1 is 1.21 bits per heavy atom. The van der Waals surface area contributed by atoms with Crippen LogP contribution in [0.4, 0.5) is 0 Å². The zero-order valence-corrected chi connectivity index (χ0v) is 16.9. The van der Waals surface area contributed by atoms with Crippen LogP contribution in [-0.4, -0.2) is 48.0 Å². The molecule has 0 N–H and O–H groups in total. The highest BCUT2D eigenvalue weighted by Gasteiger charge is 2.39. The SMILES string of the molecule is COc1cc2c(cc1OC)CN(C(=O)[C@@H]1CCO[C@H]1c1cnn(C)c1C)CC2. The number of amides is 1. The third kappa shape index (κ3) is 3.13. The molecule has 7 nitrogen and oxygen atoms in total. The molecule has 2 atom stereocenters. The zero-order chi connectivity index (χ0) is 19.8. The van der Waals surface area contributed by atoms with Crippen molar-refractivity contribution in [3.63, 3.8) is 0 Å². The van der Waals surface area contributed by atoms with E-state index in [9.17, 15) is 4.79 Å². The number of rotatable bonds is 4. The quantitative estimate of drug-likeness (QED) is 0.809. The molecule has 0 unspecified atom stereocenters. The first-order valence-corrected chi connectivity index (χ1v) is 9.66. The molecule has 1 fully saturated rings. The average Bonchev–Trinajstić information content (AvgIpc) is 3.32.